The number of nitrogens with one attached hydrogen (secondary N) is 2. The van der Waals surface area contributed by atoms with Crippen LogP contribution in [0.25, 0.3) is 0 Å². The van der Waals surface area contributed by atoms with E-state index in [-0.39, 0.29) is 24.3 Å². The van der Waals surface area contributed by atoms with Crippen molar-refractivity contribution >= 4 is 15.8 Å². The van der Waals surface area contributed by atoms with E-state index in [9.17, 15) is 13.5 Å². The first kappa shape index (κ1) is 24.4. The number of guanidine groups is 1. The van der Waals surface area contributed by atoms with Crippen LogP contribution in [0, 0.1) is 0 Å². The van der Waals surface area contributed by atoms with E-state index in [4.69, 9.17) is 4.74 Å². The SMILES string of the molecule is CCNC(=NCC(O)c1ccc(C(C)(C)C)cc1)NCCOCCS(C)(=O)=O. The largest absolute Gasteiger partial charge is 0.386 e. The number of nitrogens with zero attached hydrogens (tertiary/aromatic N) is 1. The minimum atomic E-state index is -3.00. The molecule has 3 N–H and O–H groups in total. The van der Waals surface area contributed by atoms with Crippen LogP contribution in [0.15, 0.2) is 29.3 Å². The molecule has 1 aromatic carbocycles. The van der Waals surface area contributed by atoms with Gasteiger partial charge in [0, 0.05) is 19.3 Å². The summed E-state index contributed by atoms with van der Waals surface area (Å²) in [6.45, 7) is 10.4. The maximum absolute atomic E-state index is 11.0. The van der Waals surface area contributed by atoms with Gasteiger partial charge in [0.1, 0.15) is 9.84 Å². The quantitative estimate of drug-likeness (QED) is 0.306. The van der Waals surface area contributed by atoms with E-state index in [1.807, 2.05) is 31.2 Å². The Morgan fingerprint density at radius 3 is 2.36 bits per heavy atom. The predicted octanol–water partition coefficient (Wildman–Crippen LogP) is 1.63. The smallest absolute Gasteiger partial charge is 0.191 e. The first-order chi connectivity index (χ1) is 13.0. The fourth-order valence-corrected chi connectivity index (χ4v) is 2.80. The van der Waals surface area contributed by atoms with Gasteiger partial charge >= 0.3 is 0 Å². The molecule has 0 saturated carbocycles. The molecule has 0 spiro atoms. The van der Waals surface area contributed by atoms with Crippen LogP contribution in [0.5, 0.6) is 0 Å². The molecule has 0 radical (unpaired) electrons. The van der Waals surface area contributed by atoms with Crippen molar-refractivity contribution in [3.63, 3.8) is 0 Å². The summed E-state index contributed by atoms with van der Waals surface area (Å²) in [4.78, 5) is 4.41. The fourth-order valence-electron chi connectivity index (χ4n) is 2.38. The molecule has 1 atom stereocenters. The van der Waals surface area contributed by atoms with E-state index in [0.717, 1.165) is 5.56 Å². The fraction of sp³-hybridized carbons (Fsp3) is 0.650. The molecule has 0 aliphatic rings. The summed E-state index contributed by atoms with van der Waals surface area (Å²) >= 11 is 0. The van der Waals surface area contributed by atoms with E-state index in [2.05, 4.69) is 36.4 Å². The summed E-state index contributed by atoms with van der Waals surface area (Å²) in [6, 6.07) is 7.96. The molecular weight excluding hydrogens is 378 g/mol. The van der Waals surface area contributed by atoms with Crippen LogP contribution in [0.3, 0.4) is 0 Å². The van der Waals surface area contributed by atoms with Gasteiger partial charge in [-0.3, -0.25) is 4.99 Å². The van der Waals surface area contributed by atoms with E-state index in [1.165, 1.54) is 11.8 Å². The molecule has 0 aliphatic carbocycles. The van der Waals surface area contributed by atoms with Gasteiger partial charge in [-0.2, -0.15) is 0 Å². The van der Waals surface area contributed by atoms with Crippen molar-refractivity contribution in [2.75, 3.05) is 44.9 Å². The van der Waals surface area contributed by atoms with Crippen molar-refractivity contribution in [3.8, 4) is 0 Å². The molecule has 0 heterocycles. The lowest BCUT2D eigenvalue weighted by Gasteiger charge is -2.20. The van der Waals surface area contributed by atoms with Crippen LogP contribution >= 0.6 is 0 Å². The first-order valence-electron chi connectivity index (χ1n) is 9.59. The third-order valence-corrected chi connectivity index (χ3v) is 4.97. The summed E-state index contributed by atoms with van der Waals surface area (Å²) < 4.78 is 27.4. The van der Waals surface area contributed by atoms with Gasteiger partial charge in [0.05, 0.1) is 31.6 Å². The molecule has 28 heavy (non-hydrogen) atoms. The number of aliphatic hydroxyl groups is 1. The lowest BCUT2D eigenvalue weighted by Crippen LogP contribution is -2.39. The molecule has 0 bridgehead atoms. The van der Waals surface area contributed by atoms with Crippen molar-refractivity contribution in [2.24, 2.45) is 4.99 Å². The van der Waals surface area contributed by atoms with E-state index < -0.39 is 15.9 Å². The number of aliphatic imine (C=N–C) groups is 1. The summed E-state index contributed by atoms with van der Waals surface area (Å²) in [5.74, 6) is 0.598. The second kappa shape index (κ2) is 11.4. The number of hydrogen-bond acceptors (Lipinski definition) is 5. The zero-order valence-corrected chi connectivity index (χ0v) is 18.5. The molecule has 0 fully saturated rings. The van der Waals surface area contributed by atoms with Crippen molar-refractivity contribution in [1.29, 1.82) is 0 Å². The molecule has 8 heteroatoms. The van der Waals surface area contributed by atoms with Gasteiger partial charge in [0.15, 0.2) is 5.96 Å². The topological polar surface area (TPSA) is 100 Å². The number of benzene rings is 1. The highest BCUT2D eigenvalue weighted by atomic mass is 32.2. The van der Waals surface area contributed by atoms with Gasteiger partial charge < -0.3 is 20.5 Å². The van der Waals surface area contributed by atoms with Crippen LogP contribution in [0.2, 0.25) is 0 Å². The van der Waals surface area contributed by atoms with Crippen LogP contribution in [0.4, 0.5) is 0 Å². The van der Waals surface area contributed by atoms with Crippen molar-refractivity contribution < 1.29 is 18.3 Å². The zero-order chi connectivity index (χ0) is 21.2. The van der Waals surface area contributed by atoms with Crippen LogP contribution in [-0.2, 0) is 20.0 Å². The minimum Gasteiger partial charge on any atom is -0.386 e. The molecule has 7 nitrogen and oxygen atoms in total. The molecule has 1 aromatic rings. The van der Waals surface area contributed by atoms with Gasteiger partial charge in [-0.15, -0.1) is 0 Å². The molecule has 0 amide bonds. The molecular formula is C20H35N3O4S. The van der Waals surface area contributed by atoms with Gasteiger partial charge in [-0.1, -0.05) is 45.0 Å². The first-order valence-corrected chi connectivity index (χ1v) is 11.6. The second-order valence-corrected chi connectivity index (χ2v) is 10.0. The number of hydrogen-bond donors (Lipinski definition) is 3. The Morgan fingerprint density at radius 1 is 1.18 bits per heavy atom. The van der Waals surface area contributed by atoms with Gasteiger partial charge in [-0.25, -0.2) is 8.42 Å². The normalized spacial score (nSPS) is 14.0. The van der Waals surface area contributed by atoms with E-state index >= 15 is 0 Å². The Bertz CT molecular complexity index is 710. The monoisotopic (exact) mass is 413 g/mol. The molecule has 0 aliphatic heterocycles. The summed E-state index contributed by atoms with van der Waals surface area (Å²) in [5.41, 5.74) is 2.13. The lowest BCUT2D eigenvalue weighted by atomic mass is 9.86. The number of aliphatic hydroxyl groups excluding tert-OH is 1. The lowest BCUT2D eigenvalue weighted by molar-refractivity contribution is 0.154. The van der Waals surface area contributed by atoms with Gasteiger partial charge in [0.2, 0.25) is 0 Å². The summed E-state index contributed by atoms with van der Waals surface area (Å²) in [7, 11) is -3.00. The minimum absolute atomic E-state index is 0.0152. The van der Waals surface area contributed by atoms with Crippen LogP contribution < -0.4 is 10.6 Å². The standard InChI is InChI=1S/C20H35N3O4S/c1-6-21-19(22-11-12-27-13-14-28(5,25)26)23-15-18(24)16-7-9-17(10-8-16)20(2,3)4/h7-10,18,24H,6,11-15H2,1-5H3,(H2,21,22,23). The number of rotatable bonds is 10. The summed E-state index contributed by atoms with van der Waals surface area (Å²) in [6.07, 6.45) is 0.502. The number of sulfone groups is 1. The average Bonchev–Trinajstić information content (AvgIpc) is 2.60. The Kier molecular flexibility index (Phi) is 9.92. The van der Waals surface area contributed by atoms with E-state index in [0.29, 0.717) is 25.7 Å². The molecule has 1 rings (SSSR count). The zero-order valence-electron chi connectivity index (χ0n) is 17.7. The number of ether oxygens (including phenoxy) is 1. The Labute approximate surface area is 169 Å². The Balaban J connectivity index is 2.49. The molecule has 160 valence electrons. The third kappa shape index (κ3) is 10.1. The average molecular weight is 414 g/mol. The van der Waals surface area contributed by atoms with Gasteiger partial charge in [0.25, 0.3) is 0 Å². The predicted molar refractivity (Wildman–Crippen MR) is 115 cm³/mol. The molecule has 1 unspecified atom stereocenters. The van der Waals surface area contributed by atoms with Crippen molar-refractivity contribution in [3.05, 3.63) is 35.4 Å². The highest BCUT2D eigenvalue weighted by Gasteiger charge is 2.14. The second-order valence-electron chi connectivity index (χ2n) is 7.78. The van der Waals surface area contributed by atoms with E-state index in [1.54, 1.807) is 0 Å². The molecule has 0 aromatic heterocycles. The van der Waals surface area contributed by atoms with Crippen LogP contribution in [0.1, 0.15) is 44.9 Å². The summed E-state index contributed by atoms with van der Waals surface area (Å²) in [5, 5.41) is 16.6. The molecule has 0 saturated heterocycles. The highest BCUT2D eigenvalue weighted by molar-refractivity contribution is 7.90. The van der Waals surface area contributed by atoms with Crippen molar-refractivity contribution in [2.45, 2.75) is 39.2 Å². The van der Waals surface area contributed by atoms with Gasteiger partial charge in [-0.05, 0) is 23.5 Å². The third-order valence-electron chi connectivity index (χ3n) is 4.07. The van der Waals surface area contributed by atoms with Crippen molar-refractivity contribution in [1.82, 2.24) is 10.6 Å². The Hall–Kier alpha value is -1.64. The van der Waals surface area contributed by atoms with Crippen LogP contribution in [-0.4, -0.2) is 64.3 Å². The Morgan fingerprint density at radius 2 is 1.82 bits per heavy atom. The highest BCUT2D eigenvalue weighted by Crippen LogP contribution is 2.24. The maximum atomic E-state index is 11.0. The maximum Gasteiger partial charge on any atom is 0.191 e.